The topological polar surface area (TPSA) is 64.8 Å². The van der Waals surface area contributed by atoms with Gasteiger partial charge in [0.25, 0.3) is 5.91 Å². The number of hydrogen-bond donors (Lipinski definition) is 0. The Hall–Kier alpha value is -2.50. The van der Waals surface area contributed by atoms with Crippen LogP contribution in [0, 0.1) is 6.92 Å². The Morgan fingerprint density at radius 2 is 2.08 bits per heavy atom. The van der Waals surface area contributed by atoms with E-state index in [4.69, 9.17) is 14.0 Å². The minimum atomic E-state index is -0.00824. The van der Waals surface area contributed by atoms with Gasteiger partial charge in [0.2, 0.25) is 0 Å². The smallest absolute Gasteiger partial charge is 0.254 e. The number of aromatic nitrogens is 1. The molecule has 2 heterocycles. The third-order valence-corrected chi connectivity index (χ3v) is 4.78. The molecular weight excluding hydrogens is 320 g/mol. The number of hydrogen-bond acceptors (Lipinski definition) is 5. The van der Waals surface area contributed by atoms with Gasteiger partial charge in [0.05, 0.1) is 26.0 Å². The lowest BCUT2D eigenvalue weighted by molar-refractivity contribution is 0.0734. The Labute approximate surface area is 147 Å². The van der Waals surface area contributed by atoms with Crippen molar-refractivity contribution >= 4 is 5.91 Å². The first-order chi connectivity index (χ1) is 12.1. The molecule has 1 aliphatic heterocycles. The normalized spacial score (nSPS) is 17.0. The maximum atomic E-state index is 13.1. The zero-order chi connectivity index (χ0) is 18.0. The fourth-order valence-electron chi connectivity index (χ4n) is 3.55. The number of aryl methyl sites for hydroxylation is 2. The number of rotatable bonds is 5. The van der Waals surface area contributed by atoms with Crippen molar-refractivity contribution in [2.75, 3.05) is 20.8 Å². The van der Waals surface area contributed by atoms with E-state index in [0.717, 1.165) is 42.8 Å². The molecule has 1 amide bonds. The largest absolute Gasteiger partial charge is 0.493 e. The van der Waals surface area contributed by atoms with Gasteiger partial charge >= 0.3 is 0 Å². The lowest BCUT2D eigenvalue weighted by Gasteiger charge is -2.25. The van der Waals surface area contributed by atoms with Crippen LogP contribution in [0.1, 0.15) is 53.2 Å². The number of amides is 1. The van der Waals surface area contributed by atoms with Crippen LogP contribution in [0.5, 0.6) is 11.5 Å². The number of carbonyl (C=O) groups is 1. The van der Waals surface area contributed by atoms with Gasteiger partial charge < -0.3 is 18.9 Å². The Balaban J connectivity index is 1.92. The first kappa shape index (κ1) is 17.3. The van der Waals surface area contributed by atoms with E-state index < -0.39 is 0 Å². The highest BCUT2D eigenvalue weighted by Gasteiger charge is 2.34. The van der Waals surface area contributed by atoms with Crippen LogP contribution in [-0.2, 0) is 6.42 Å². The fourth-order valence-corrected chi connectivity index (χ4v) is 3.55. The summed E-state index contributed by atoms with van der Waals surface area (Å²) in [5, 5.41) is 4.10. The van der Waals surface area contributed by atoms with Gasteiger partial charge in [-0.15, -0.1) is 0 Å². The predicted molar refractivity (Wildman–Crippen MR) is 93.2 cm³/mol. The second-order valence-corrected chi connectivity index (χ2v) is 6.18. The van der Waals surface area contributed by atoms with Crippen molar-refractivity contribution in [2.24, 2.45) is 0 Å². The van der Waals surface area contributed by atoms with Gasteiger partial charge in [0.1, 0.15) is 5.76 Å². The van der Waals surface area contributed by atoms with E-state index in [1.54, 1.807) is 32.4 Å². The van der Waals surface area contributed by atoms with E-state index in [2.05, 4.69) is 5.16 Å². The zero-order valence-electron chi connectivity index (χ0n) is 15.2. The van der Waals surface area contributed by atoms with Crippen molar-refractivity contribution in [1.29, 1.82) is 0 Å². The molecule has 0 unspecified atom stereocenters. The Morgan fingerprint density at radius 1 is 1.32 bits per heavy atom. The lowest BCUT2D eigenvalue weighted by Crippen LogP contribution is -2.31. The van der Waals surface area contributed by atoms with Gasteiger partial charge in [-0.3, -0.25) is 4.79 Å². The van der Waals surface area contributed by atoms with Crippen LogP contribution < -0.4 is 9.47 Å². The van der Waals surface area contributed by atoms with Crippen LogP contribution in [0.25, 0.3) is 0 Å². The third-order valence-electron chi connectivity index (χ3n) is 4.78. The molecule has 25 heavy (non-hydrogen) atoms. The van der Waals surface area contributed by atoms with Crippen LogP contribution in [0.15, 0.2) is 22.7 Å². The van der Waals surface area contributed by atoms with Gasteiger partial charge in [-0.05, 0) is 38.0 Å². The molecule has 2 aromatic rings. The summed E-state index contributed by atoms with van der Waals surface area (Å²) < 4.78 is 16.0. The second-order valence-electron chi connectivity index (χ2n) is 6.18. The van der Waals surface area contributed by atoms with E-state index in [-0.39, 0.29) is 11.9 Å². The first-order valence-corrected chi connectivity index (χ1v) is 8.58. The van der Waals surface area contributed by atoms with Crippen molar-refractivity contribution in [3.8, 4) is 11.5 Å². The molecule has 6 heteroatoms. The molecule has 6 nitrogen and oxygen atoms in total. The molecule has 0 aliphatic carbocycles. The monoisotopic (exact) mass is 344 g/mol. The number of likely N-dealkylation sites (tertiary alicyclic amines) is 1. The van der Waals surface area contributed by atoms with Gasteiger partial charge in [-0.25, -0.2) is 0 Å². The summed E-state index contributed by atoms with van der Waals surface area (Å²) in [6.45, 7) is 4.71. The third kappa shape index (κ3) is 3.08. The number of ether oxygens (including phenoxy) is 2. The maximum Gasteiger partial charge on any atom is 0.254 e. The summed E-state index contributed by atoms with van der Waals surface area (Å²) in [7, 11) is 3.15. The Kier molecular flexibility index (Phi) is 4.97. The summed E-state index contributed by atoms with van der Waals surface area (Å²) in [6, 6.07) is 5.29. The average Bonchev–Trinajstić information content (AvgIpc) is 3.26. The molecule has 0 bridgehead atoms. The molecule has 1 saturated heterocycles. The van der Waals surface area contributed by atoms with Crippen molar-refractivity contribution in [2.45, 2.75) is 39.2 Å². The maximum absolute atomic E-state index is 13.1. The molecule has 0 radical (unpaired) electrons. The van der Waals surface area contributed by atoms with Crippen LogP contribution in [0.2, 0.25) is 0 Å². The van der Waals surface area contributed by atoms with E-state index in [1.165, 1.54) is 0 Å². The molecule has 0 spiro atoms. The van der Waals surface area contributed by atoms with E-state index >= 15 is 0 Å². The van der Waals surface area contributed by atoms with Crippen molar-refractivity contribution in [3.63, 3.8) is 0 Å². The number of methoxy groups -OCH3 is 2. The molecule has 0 N–H and O–H groups in total. The molecular formula is C19H24N2O4. The molecule has 1 aromatic heterocycles. The van der Waals surface area contributed by atoms with E-state index in [0.29, 0.717) is 17.1 Å². The van der Waals surface area contributed by atoms with Crippen molar-refractivity contribution in [3.05, 3.63) is 40.8 Å². The highest BCUT2D eigenvalue weighted by atomic mass is 16.5. The highest BCUT2D eigenvalue weighted by Crippen LogP contribution is 2.37. The molecule has 1 atom stereocenters. The van der Waals surface area contributed by atoms with E-state index in [1.807, 2.05) is 18.7 Å². The van der Waals surface area contributed by atoms with Gasteiger partial charge in [-0.2, -0.15) is 0 Å². The number of carbonyl (C=O) groups excluding carboxylic acids is 1. The highest BCUT2D eigenvalue weighted by molar-refractivity contribution is 5.95. The Morgan fingerprint density at radius 3 is 2.76 bits per heavy atom. The van der Waals surface area contributed by atoms with Crippen LogP contribution in [0.3, 0.4) is 0 Å². The molecule has 3 rings (SSSR count). The van der Waals surface area contributed by atoms with Crippen LogP contribution in [-0.4, -0.2) is 36.7 Å². The first-order valence-electron chi connectivity index (χ1n) is 8.58. The summed E-state index contributed by atoms with van der Waals surface area (Å²) in [5.41, 5.74) is 2.53. The van der Waals surface area contributed by atoms with Crippen LogP contribution >= 0.6 is 0 Å². The minimum absolute atomic E-state index is 0.00824. The average molecular weight is 344 g/mol. The molecule has 1 fully saturated rings. The molecule has 1 aliphatic rings. The number of benzene rings is 1. The summed E-state index contributed by atoms with van der Waals surface area (Å²) >= 11 is 0. The molecule has 1 aromatic carbocycles. The molecule has 134 valence electrons. The molecule has 0 saturated carbocycles. The second kappa shape index (κ2) is 7.17. The Bertz CT molecular complexity index is 769. The predicted octanol–water partition coefficient (Wildman–Crippen LogP) is 3.54. The fraction of sp³-hybridized carbons (Fsp3) is 0.474. The quantitative estimate of drug-likeness (QED) is 0.830. The van der Waals surface area contributed by atoms with Crippen LogP contribution in [0.4, 0.5) is 0 Å². The minimum Gasteiger partial charge on any atom is -0.493 e. The van der Waals surface area contributed by atoms with E-state index in [9.17, 15) is 4.79 Å². The SMILES string of the molecule is CCc1onc(C)c1[C@@H]1CCCN1C(=O)c1ccc(OC)c(OC)c1. The summed E-state index contributed by atoms with van der Waals surface area (Å²) in [4.78, 5) is 15.0. The number of nitrogens with zero attached hydrogens (tertiary/aromatic N) is 2. The zero-order valence-corrected chi connectivity index (χ0v) is 15.2. The van der Waals surface area contributed by atoms with Gasteiger partial charge in [0.15, 0.2) is 11.5 Å². The van der Waals surface area contributed by atoms with Gasteiger partial charge in [-0.1, -0.05) is 12.1 Å². The van der Waals surface area contributed by atoms with Gasteiger partial charge in [0, 0.05) is 24.1 Å². The standard InChI is InChI=1S/C19H24N2O4/c1-5-15-18(12(2)20-25-15)14-7-6-10-21(14)19(22)13-8-9-16(23-3)17(11-13)24-4/h8-9,11,14H,5-7,10H2,1-4H3/t14-/m0/s1. The summed E-state index contributed by atoms with van der Waals surface area (Å²) in [5.74, 6) is 2.03. The van der Waals surface area contributed by atoms with Crippen molar-refractivity contribution < 1.29 is 18.8 Å². The summed E-state index contributed by atoms with van der Waals surface area (Å²) in [6.07, 6.45) is 2.66. The van der Waals surface area contributed by atoms with Crippen molar-refractivity contribution in [1.82, 2.24) is 10.1 Å². The lowest BCUT2D eigenvalue weighted by atomic mass is 10.0.